The van der Waals surface area contributed by atoms with Gasteiger partial charge in [-0.15, -0.1) is 0 Å². The molecule has 0 amide bonds. The highest BCUT2D eigenvalue weighted by Crippen LogP contribution is 2.30. The number of aromatic amines is 2. The number of nitrogens with zero attached hydrogens (tertiary/aromatic N) is 5. The maximum Gasteiger partial charge on any atom is 0.181 e. The van der Waals surface area contributed by atoms with Crippen molar-refractivity contribution < 1.29 is 4.74 Å². The monoisotopic (exact) mass is 442 g/mol. The molecule has 4 heterocycles. The van der Waals surface area contributed by atoms with Gasteiger partial charge in [0.2, 0.25) is 0 Å². The van der Waals surface area contributed by atoms with E-state index in [1.165, 1.54) is 0 Å². The highest BCUT2D eigenvalue weighted by atomic mass is 16.5. The van der Waals surface area contributed by atoms with E-state index in [-0.39, 0.29) is 0 Å². The molecule has 0 fully saturated rings. The molecule has 0 aliphatic heterocycles. The van der Waals surface area contributed by atoms with Gasteiger partial charge in [-0.05, 0) is 36.4 Å². The van der Waals surface area contributed by atoms with E-state index in [4.69, 9.17) is 15.5 Å². The number of hydrogen-bond donors (Lipinski definition) is 3. The molecule has 33 heavy (non-hydrogen) atoms. The van der Waals surface area contributed by atoms with Crippen molar-refractivity contribution in [1.82, 2.24) is 35.0 Å². The summed E-state index contributed by atoms with van der Waals surface area (Å²) < 4.78 is 5.32. The number of ether oxygens (including phenoxy) is 1. The Balaban J connectivity index is 1.51. The summed E-state index contributed by atoms with van der Waals surface area (Å²) in [5.74, 6) is 1.48. The fraction of sp³-hybridized carbons (Fsp3) is 0.250. The predicted octanol–water partition coefficient (Wildman–Crippen LogP) is 3.35. The van der Waals surface area contributed by atoms with Crippen LogP contribution < -0.4 is 10.5 Å². The number of nitrogens with one attached hydrogen (secondary N) is 2. The molecule has 0 saturated carbocycles. The molecule has 0 atom stereocenters. The lowest BCUT2D eigenvalue weighted by Crippen LogP contribution is -2.28. The summed E-state index contributed by atoms with van der Waals surface area (Å²) in [4.78, 5) is 19.4. The Morgan fingerprint density at radius 2 is 1.97 bits per heavy atom. The van der Waals surface area contributed by atoms with Crippen LogP contribution in [-0.2, 0) is 6.54 Å². The number of benzene rings is 1. The van der Waals surface area contributed by atoms with Crippen LogP contribution in [-0.4, -0.2) is 61.8 Å². The molecule has 0 spiro atoms. The van der Waals surface area contributed by atoms with Crippen molar-refractivity contribution in [2.75, 3.05) is 26.7 Å². The lowest BCUT2D eigenvalue weighted by Gasteiger charge is -2.19. The van der Waals surface area contributed by atoms with Crippen molar-refractivity contribution in [3.05, 3.63) is 54.5 Å². The standard InChI is InChI=1S/C24H26N8O/c1-3-32(7-6-25)14-15-8-16(12-26-11-15)17-9-19-22(30-31-23(19)27-13-17)24-28-20-5-4-18(33-2)10-21(20)29-24/h4-5,8-13H,3,6-7,14,25H2,1-2H3,(H,28,29)(H,27,30,31). The summed E-state index contributed by atoms with van der Waals surface area (Å²) in [5.41, 5.74) is 12.0. The van der Waals surface area contributed by atoms with Crippen LogP contribution in [0, 0.1) is 0 Å². The third kappa shape index (κ3) is 4.15. The molecule has 5 aromatic rings. The van der Waals surface area contributed by atoms with Crippen molar-refractivity contribution >= 4 is 22.1 Å². The number of pyridine rings is 2. The number of likely N-dealkylation sites (N-methyl/N-ethyl adjacent to an activating group) is 1. The molecule has 0 aliphatic carbocycles. The molecule has 0 aliphatic rings. The van der Waals surface area contributed by atoms with Crippen LogP contribution in [0.2, 0.25) is 0 Å². The van der Waals surface area contributed by atoms with Crippen molar-refractivity contribution in [3.63, 3.8) is 0 Å². The number of rotatable bonds is 8. The zero-order valence-corrected chi connectivity index (χ0v) is 18.7. The second kappa shape index (κ2) is 8.97. The minimum atomic E-state index is 0.635. The Morgan fingerprint density at radius 1 is 1.09 bits per heavy atom. The number of nitrogens with two attached hydrogens (primary N) is 1. The first kappa shape index (κ1) is 21.0. The van der Waals surface area contributed by atoms with E-state index in [0.717, 1.165) is 64.2 Å². The van der Waals surface area contributed by atoms with Gasteiger partial charge < -0.3 is 15.5 Å². The van der Waals surface area contributed by atoms with Gasteiger partial charge in [-0.25, -0.2) is 9.97 Å². The summed E-state index contributed by atoms with van der Waals surface area (Å²) in [5, 5.41) is 8.34. The Bertz CT molecular complexity index is 1410. The fourth-order valence-corrected chi connectivity index (χ4v) is 3.99. The van der Waals surface area contributed by atoms with E-state index in [1.54, 1.807) is 7.11 Å². The second-order valence-electron chi connectivity index (χ2n) is 7.90. The van der Waals surface area contributed by atoms with Gasteiger partial charge in [0.1, 0.15) is 11.4 Å². The quantitative estimate of drug-likeness (QED) is 0.337. The van der Waals surface area contributed by atoms with Gasteiger partial charge in [0.15, 0.2) is 11.5 Å². The number of imidazole rings is 1. The van der Waals surface area contributed by atoms with E-state index in [2.05, 4.69) is 49.1 Å². The van der Waals surface area contributed by atoms with Gasteiger partial charge in [0, 0.05) is 55.4 Å². The van der Waals surface area contributed by atoms with Crippen molar-refractivity contribution in [2.24, 2.45) is 5.73 Å². The van der Waals surface area contributed by atoms with Gasteiger partial charge in [-0.3, -0.25) is 15.0 Å². The summed E-state index contributed by atoms with van der Waals surface area (Å²) in [6.45, 7) is 5.38. The molecule has 1 aromatic carbocycles. The average molecular weight is 443 g/mol. The zero-order valence-electron chi connectivity index (χ0n) is 18.7. The van der Waals surface area contributed by atoms with Crippen LogP contribution in [0.5, 0.6) is 5.75 Å². The van der Waals surface area contributed by atoms with Crippen LogP contribution in [0.25, 0.3) is 44.7 Å². The number of aromatic nitrogens is 6. The van der Waals surface area contributed by atoms with Gasteiger partial charge >= 0.3 is 0 Å². The number of fused-ring (bicyclic) bond motifs is 2. The molecule has 9 nitrogen and oxygen atoms in total. The second-order valence-corrected chi connectivity index (χ2v) is 7.90. The van der Waals surface area contributed by atoms with Crippen LogP contribution in [0.1, 0.15) is 12.5 Å². The summed E-state index contributed by atoms with van der Waals surface area (Å²) in [6.07, 6.45) is 5.59. The molecule has 0 unspecified atom stereocenters. The molecule has 4 aromatic heterocycles. The predicted molar refractivity (Wildman–Crippen MR) is 129 cm³/mol. The van der Waals surface area contributed by atoms with Crippen LogP contribution >= 0.6 is 0 Å². The van der Waals surface area contributed by atoms with E-state index < -0.39 is 0 Å². The summed E-state index contributed by atoms with van der Waals surface area (Å²) >= 11 is 0. The smallest absolute Gasteiger partial charge is 0.181 e. The molecule has 5 rings (SSSR count). The minimum Gasteiger partial charge on any atom is -0.497 e. The zero-order chi connectivity index (χ0) is 22.8. The SMILES string of the molecule is CCN(CCN)Cc1cncc(-c2cnc3n[nH]c(-c4nc5ccc(OC)cc5[nH]4)c3c2)c1. The van der Waals surface area contributed by atoms with E-state index >= 15 is 0 Å². The van der Waals surface area contributed by atoms with Crippen LogP contribution in [0.3, 0.4) is 0 Å². The Kier molecular flexibility index (Phi) is 5.72. The maximum absolute atomic E-state index is 5.74. The normalized spacial score (nSPS) is 11.6. The Hall–Kier alpha value is -3.82. The summed E-state index contributed by atoms with van der Waals surface area (Å²) in [6, 6.07) is 9.98. The molecule has 0 bridgehead atoms. The lowest BCUT2D eigenvalue weighted by molar-refractivity contribution is 0.288. The van der Waals surface area contributed by atoms with Gasteiger partial charge in [0.05, 0.1) is 23.5 Å². The minimum absolute atomic E-state index is 0.635. The van der Waals surface area contributed by atoms with Crippen molar-refractivity contribution in [3.8, 4) is 28.4 Å². The topological polar surface area (TPSA) is 122 Å². The molecule has 0 saturated heterocycles. The lowest BCUT2D eigenvalue weighted by atomic mass is 10.1. The first-order valence-corrected chi connectivity index (χ1v) is 10.9. The van der Waals surface area contributed by atoms with Crippen molar-refractivity contribution in [1.29, 1.82) is 0 Å². The van der Waals surface area contributed by atoms with Gasteiger partial charge in [0.25, 0.3) is 0 Å². The van der Waals surface area contributed by atoms with Crippen molar-refractivity contribution in [2.45, 2.75) is 13.5 Å². The van der Waals surface area contributed by atoms with E-state index in [1.807, 2.05) is 36.8 Å². The molecule has 168 valence electrons. The first-order valence-electron chi connectivity index (χ1n) is 10.9. The van der Waals surface area contributed by atoms with Crippen LogP contribution in [0.4, 0.5) is 0 Å². The highest BCUT2D eigenvalue weighted by Gasteiger charge is 2.15. The number of hydrogen-bond acceptors (Lipinski definition) is 7. The number of methoxy groups -OCH3 is 1. The van der Waals surface area contributed by atoms with Crippen LogP contribution in [0.15, 0.2) is 48.9 Å². The molecular formula is C24H26N8O. The van der Waals surface area contributed by atoms with E-state index in [9.17, 15) is 0 Å². The van der Waals surface area contributed by atoms with Gasteiger partial charge in [-0.2, -0.15) is 5.10 Å². The highest BCUT2D eigenvalue weighted by molar-refractivity contribution is 5.93. The maximum atomic E-state index is 5.74. The largest absolute Gasteiger partial charge is 0.497 e. The number of H-pyrrole nitrogens is 2. The first-order chi connectivity index (χ1) is 16.2. The molecular weight excluding hydrogens is 416 g/mol. The van der Waals surface area contributed by atoms with Gasteiger partial charge in [-0.1, -0.05) is 6.92 Å². The third-order valence-electron chi connectivity index (χ3n) is 5.76. The Labute approximate surface area is 191 Å². The molecule has 0 radical (unpaired) electrons. The Morgan fingerprint density at radius 3 is 2.79 bits per heavy atom. The van der Waals surface area contributed by atoms with E-state index in [0.29, 0.717) is 18.0 Å². The molecule has 4 N–H and O–H groups in total. The molecule has 9 heteroatoms. The summed E-state index contributed by atoms with van der Waals surface area (Å²) in [7, 11) is 1.65. The third-order valence-corrected chi connectivity index (χ3v) is 5.76. The fourth-order valence-electron chi connectivity index (χ4n) is 3.99. The average Bonchev–Trinajstić information content (AvgIpc) is 3.46.